The van der Waals surface area contributed by atoms with E-state index in [4.69, 9.17) is 21.6 Å². The fourth-order valence-corrected chi connectivity index (χ4v) is 5.86. The first kappa shape index (κ1) is 24.1. The van der Waals surface area contributed by atoms with E-state index < -0.39 is 0 Å². The molecule has 6 nitrogen and oxygen atoms in total. The molecule has 0 unspecified atom stereocenters. The number of piperidine rings is 1. The van der Waals surface area contributed by atoms with Gasteiger partial charge in [0.2, 0.25) is 0 Å². The molecule has 0 atom stereocenters. The highest BCUT2D eigenvalue weighted by molar-refractivity contribution is 6.31. The van der Waals surface area contributed by atoms with Crippen LogP contribution in [0.3, 0.4) is 0 Å². The number of nitrogens with zero attached hydrogens (tertiary/aromatic N) is 2. The molecule has 0 spiro atoms. The molecule has 1 heterocycles. The van der Waals surface area contributed by atoms with Gasteiger partial charge in [-0.25, -0.2) is 0 Å². The lowest BCUT2D eigenvalue weighted by Gasteiger charge is -2.63. The van der Waals surface area contributed by atoms with Crippen molar-refractivity contribution in [3.63, 3.8) is 0 Å². The monoisotopic (exact) mass is 479 g/mol. The second-order valence-electron chi connectivity index (χ2n) is 10.4. The summed E-state index contributed by atoms with van der Waals surface area (Å²) < 4.78 is 6.29. The summed E-state index contributed by atoms with van der Waals surface area (Å²) in [5.74, 6) is 0.795. The number of amides is 1. The van der Waals surface area contributed by atoms with Gasteiger partial charge in [0.25, 0.3) is 5.91 Å². The van der Waals surface area contributed by atoms with Crippen molar-refractivity contribution in [2.24, 2.45) is 10.8 Å². The fourth-order valence-electron chi connectivity index (χ4n) is 5.65. The average molecular weight is 480 g/mol. The van der Waals surface area contributed by atoms with E-state index in [1.165, 1.54) is 0 Å². The SMILES string of the molecule is CC1(C)[C@H](NC(=O)c2ccc(N3CCC(=O)CC3)cc2)C(C)(C)[C@H]1Oc1ccc(C#N)c(Cl)c1. The van der Waals surface area contributed by atoms with E-state index in [9.17, 15) is 9.59 Å². The number of Topliss-reactive ketones (excluding diaryl/α,β-unsaturated/α-hetero) is 1. The second kappa shape index (κ2) is 8.96. The standard InChI is InChI=1S/C27H30ClN3O3/c1-26(2)24(27(3,4)25(26)34-21-10-7-18(16-29)22(28)15-21)30-23(33)17-5-8-19(9-6-17)31-13-11-20(32)12-14-31/h5-10,15,24-25H,11-14H2,1-4H3,(H,30,33)/t24-,25-. The van der Waals surface area contributed by atoms with E-state index in [1.807, 2.05) is 24.3 Å². The number of halogens is 1. The predicted molar refractivity (Wildman–Crippen MR) is 132 cm³/mol. The maximum Gasteiger partial charge on any atom is 0.251 e. The van der Waals surface area contributed by atoms with Gasteiger partial charge in [0, 0.05) is 60.1 Å². The lowest BCUT2D eigenvalue weighted by Crippen LogP contribution is -2.74. The molecule has 0 aromatic heterocycles. The molecular formula is C27H30ClN3O3. The van der Waals surface area contributed by atoms with Crippen LogP contribution in [0.4, 0.5) is 5.69 Å². The molecule has 0 radical (unpaired) electrons. The van der Waals surface area contributed by atoms with Gasteiger partial charge in [-0.1, -0.05) is 39.3 Å². The number of nitrogens with one attached hydrogen (secondary N) is 1. The number of carbonyl (C=O) groups excluding carboxylic acids is 2. The third-order valence-corrected chi connectivity index (χ3v) is 7.56. The Morgan fingerprint density at radius 3 is 2.26 bits per heavy atom. The van der Waals surface area contributed by atoms with Gasteiger partial charge in [-0.15, -0.1) is 0 Å². The van der Waals surface area contributed by atoms with Gasteiger partial charge in [-0.2, -0.15) is 5.26 Å². The summed E-state index contributed by atoms with van der Waals surface area (Å²) in [6.07, 6.45) is 0.997. The average Bonchev–Trinajstić information content (AvgIpc) is 2.81. The molecule has 0 bridgehead atoms. The first-order valence-electron chi connectivity index (χ1n) is 11.6. The molecule has 178 valence electrons. The predicted octanol–water partition coefficient (Wildman–Crippen LogP) is 4.99. The Balaban J connectivity index is 1.42. The van der Waals surface area contributed by atoms with Gasteiger partial charge in [0.15, 0.2) is 0 Å². The summed E-state index contributed by atoms with van der Waals surface area (Å²) >= 11 is 6.17. The van der Waals surface area contributed by atoms with Crippen molar-refractivity contribution in [2.45, 2.75) is 52.7 Å². The number of ketones is 1. The van der Waals surface area contributed by atoms with Crippen LogP contribution in [0.1, 0.15) is 56.5 Å². The van der Waals surface area contributed by atoms with Crippen molar-refractivity contribution >= 4 is 29.0 Å². The Bertz CT molecular complexity index is 1120. The number of hydrogen-bond donors (Lipinski definition) is 1. The van der Waals surface area contributed by atoms with Gasteiger partial charge in [-0.3, -0.25) is 9.59 Å². The number of nitriles is 1. The van der Waals surface area contributed by atoms with E-state index in [2.05, 4.69) is 44.0 Å². The Kier molecular flexibility index (Phi) is 6.35. The minimum atomic E-state index is -0.320. The molecule has 2 aliphatic rings. The number of rotatable bonds is 5. The third kappa shape index (κ3) is 4.37. The highest BCUT2D eigenvalue weighted by Crippen LogP contribution is 2.55. The highest BCUT2D eigenvalue weighted by Gasteiger charge is 2.64. The Labute approximate surface area is 205 Å². The molecule has 1 amide bonds. The van der Waals surface area contributed by atoms with Crippen LogP contribution in [0.2, 0.25) is 5.02 Å². The molecule has 1 saturated heterocycles. The minimum absolute atomic E-state index is 0.0980. The maximum atomic E-state index is 13.1. The van der Waals surface area contributed by atoms with Gasteiger partial charge in [0.1, 0.15) is 23.7 Å². The first-order valence-corrected chi connectivity index (χ1v) is 12.0. The second-order valence-corrected chi connectivity index (χ2v) is 10.8. The summed E-state index contributed by atoms with van der Waals surface area (Å²) in [4.78, 5) is 26.7. The van der Waals surface area contributed by atoms with Crippen LogP contribution in [-0.2, 0) is 4.79 Å². The Hall–Kier alpha value is -3.04. The summed E-state index contributed by atoms with van der Waals surface area (Å²) in [6.45, 7) is 9.78. The highest BCUT2D eigenvalue weighted by atomic mass is 35.5. The zero-order valence-corrected chi connectivity index (χ0v) is 20.8. The van der Waals surface area contributed by atoms with Crippen LogP contribution in [0, 0.1) is 22.2 Å². The normalized spacial score (nSPS) is 22.9. The maximum absolute atomic E-state index is 13.1. The van der Waals surface area contributed by atoms with Crippen LogP contribution in [0.15, 0.2) is 42.5 Å². The topological polar surface area (TPSA) is 82.4 Å². The number of anilines is 1. The van der Waals surface area contributed by atoms with E-state index >= 15 is 0 Å². The Morgan fingerprint density at radius 1 is 1.09 bits per heavy atom. The van der Waals surface area contributed by atoms with E-state index in [0.29, 0.717) is 40.5 Å². The smallest absolute Gasteiger partial charge is 0.251 e. The first-order chi connectivity index (χ1) is 16.0. The van der Waals surface area contributed by atoms with Crippen molar-refractivity contribution in [3.8, 4) is 11.8 Å². The molecule has 1 aliphatic heterocycles. The van der Waals surface area contributed by atoms with Gasteiger partial charge >= 0.3 is 0 Å². The molecule has 2 aromatic carbocycles. The largest absolute Gasteiger partial charge is 0.489 e. The van der Waals surface area contributed by atoms with E-state index in [1.54, 1.807) is 18.2 Å². The molecular weight excluding hydrogens is 450 g/mol. The summed E-state index contributed by atoms with van der Waals surface area (Å²) in [7, 11) is 0. The van der Waals surface area contributed by atoms with Crippen LogP contribution in [0.5, 0.6) is 5.75 Å². The van der Waals surface area contributed by atoms with Crippen LogP contribution >= 0.6 is 11.6 Å². The lowest BCUT2D eigenvalue weighted by molar-refractivity contribution is -0.164. The summed E-state index contributed by atoms with van der Waals surface area (Å²) in [5.41, 5.74) is 1.40. The number of benzene rings is 2. The minimum Gasteiger partial charge on any atom is -0.489 e. The van der Waals surface area contributed by atoms with E-state index in [0.717, 1.165) is 18.8 Å². The van der Waals surface area contributed by atoms with Crippen molar-refractivity contribution in [3.05, 3.63) is 58.6 Å². The van der Waals surface area contributed by atoms with Crippen molar-refractivity contribution in [1.82, 2.24) is 5.32 Å². The molecule has 1 aliphatic carbocycles. The zero-order valence-electron chi connectivity index (χ0n) is 20.0. The van der Waals surface area contributed by atoms with Crippen LogP contribution < -0.4 is 15.0 Å². The van der Waals surface area contributed by atoms with Crippen molar-refractivity contribution in [2.75, 3.05) is 18.0 Å². The molecule has 7 heteroatoms. The number of carbonyl (C=O) groups is 2. The third-order valence-electron chi connectivity index (χ3n) is 7.25. The quantitative estimate of drug-likeness (QED) is 0.653. The number of ether oxygens (including phenoxy) is 1. The van der Waals surface area contributed by atoms with Crippen molar-refractivity contribution in [1.29, 1.82) is 5.26 Å². The summed E-state index contributed by atoms with van der Waals surface area (Å²) in [5, 5.41) is 12.7. The zero-order chi connectivity index (χ0) is 24.7. The van der Waals surface area contributed by atoms with Gasteiger partial charge in [-0.05, 0) is 36.4 Å². The molecule has 1 N–H and O–H groups in total. The van der Waals surface area contributed by atoms with Crippen LogP contribution in [-0.4, -0.2) is 36.9 Å². The fraction of sp³-hybridized carbons (Fsp3) is 0.444. The van der Waals surface area contributed by atoms with Gasteiger partial charge in [0.05, 0.1) is 10.6 Å². The summed E-state index contributed by atoms with van der Waals surface area (Å²) in [6, 6.07) is 14.6. The molecule has 34 heavy (non-hydrogen) atoms. The van der Waals surface area contributed by atoms with Crippen LogP contribution in [0.25, 0.3) is 0 Å². The lowest BCUT2D eigenvalue weighted by atomic mass is 9.49. The molecule has 2 fully saturated rings. The molecule has 4 rings (SSSR count). The van der Waals surface area contributed by atoms with E-state index in [-0.39, 0.29) is 28.9 Å². The molecule has 1 saturated carbocycles. The number of hydrogen-bond acceptors (Lipinski definition) is 5. The molecule has 2 aromatic rings. The Morgan fingerprint density at radius 2 is 1.71 bits per heavy atom. The van der Waals surface area contributed by atoms with Crippen molar-refractivity contribution < 1.29 is 14.3 Å². The van der Waals surface area contributed by atoms with Gasteiger partial charge < -0.3 is 15.0 Å².